The van der Waals surface area contributed by atoms with Crippen LogP contribution in [0.15, 0.2) is 17.5 Å². The average Bonchev–Trinajstić information content (AvgIpc) is 3.09. The summed E-state index contributed by atoms with van der Waals surface area (Å²) in [5.74, 6) is -0.187. The lowest BCUT2D eigenvalue weighted by Gasteiger charge is -2.30. The molecule has 0 saturated carbocycles. The van der Waals surface area contributed by atoms with E-state index in [1.807, 2.05) is 17.5 Å². The molecule has 0 spiro atoms. The third-order valence-electron chi connectivity index (χ3n) is 3.94. The van der Waals surface area contributed by atoms with Gasteiger partial charge in [-0.2, -0.15) is 0 Å². The smallest absolute Gasteiger partial charge is 0.307 e. The second-order valence-corrected chi connectivity index (χ2v) is 6.68. The second-order valence-electron chi connectivity index (χ2n) is 5.65. The van der Waals surface area contributed by atoms with Crippen molar-refractivity contribution >= 4 is 23.2 Å². The van der Waals surface area contributed by atoms with E-state index in [4.69, 9.17) is 9.47 Å². The van der Waals surface area contributed by atoms with Crippen LogP contribution < -0.4 is 0 Å². The molecule has 6 nitrogen and oxygen atoms in total. The molecule has 1 aliphatic heterocycles. The van der Waals surface area contributed by atoms with Gasteiger partial charge in [0.2, 0.25) is 5.91 Å². The highest BCUT2D eigenvalue weighted by molar-refractivity contribution is 7.10. The maximum Gasteiger partial charge on any atom is 0.307 e. The molecule has 0 radical (unpaired) electrons. The molecule has 0 aromatic carbocycles. The number of morpholine rings is 1. The highest BCUT2D eigenvalue weighted by Crippen LogP contribution is 2.11. The van der Waals surface area contributed by atoms with Gasteiger partial charge in [0.05, 0.1) is 32.7 Å². The van der Waals surface area contributed by atoms with Gasteiger partial charge in [-0.05, 0) is 18.4 Å². The van der Waals surface area contributed by atoms with Gasteiger partial charge in [0.25, 0.3) is 0 Å². The van der Waals surface area contributed by atoms with Gasteiger partial charge in [0.1, 0.15) is 0 Å². The van der Waals surface area contributed by atoms with Gasteiger partial charge >= 0.3 is 5.97 Å². The molecule has 1 saturated heterocycles. The van der Waals surface area contributed by atoms with Crippen LogP contribution in [0.3, 0.4) is 0 Å². The van der Waals surface area contributed by atoms with Crippen LogP contribution in [0.25, 0.3) is 0 Å². The number of hydrogen-bond acceptors (Lipinski definition) is 6. The number of hydrogen-bond donors (Lipinski definition) is 0. The van der Waals surface area contributed by atoms with Crippen molar-refractivity contribution in [2.75, 3.05) is 52.5 Å². The molecule has 0 bridgehead atoms. The molecule has 2 rings (SSSR count). The molecule has 0 N–H and O–H groups in total. The molecule has 24 heavy (non-hydrogen) atoms. The van der Waals surface area contributed by atoms with Crippen molar-refractivity contribution in [3.05, 3.63) is 22.4 Å². The Hall–Kier alpha value is -1.44. The zero-order valence-corrected chi connectivity index (χ0v) is 15.1. The molecule has 1 aliphatic rings. The van der Waals surface area contributed by atoms with Crippen molar-refractivity contribution in [2.45, 2.75) is 19.8 Å². The number of esters is 1. The molecular formula is C17H26N2O4S. The summed E-state index contributed by atoms with van der Waals surface area (Å²) in [5, 5.41) is 1.97. The standard InChI is InChI=1S/C17H26N2O4S/c1-2-23-17(21)5-6-19(8-7-18-9-11-22-12-10-18)16(20)14-15-4-3-13-24-15/h3-4,13H,2,5-12,14H2,1H3. The largest absolute Gasteiger partial charge is 0.466 e. The summed E-state index contributed by atoms with van der Waals surface area (Å²) in [6.07, 6.45) is 0.636. The van der Waals surface area contributed by atoms with Gasteiger partial charge in [0, 0.05) is 37.6 Å². The number of carbonyl (C=O) groups excluding carboxylic acids is 2. The lowest BCUT2D eigenvalue weighted by molar-refractivity contribution is -0.144. The van der Waals surface area contributed by atoms with Crippen LogP contribution in [0.5, 0.6) is 0 Å². The second kappa shape index (κ2) is 10.4. The number of rotatable bonds is 9. The third kappa shape index (κ3) is 6.59. The van der Waals surface area contributed by atoms with Crippen LogP contribution in [0.1, 0.15) is 18.2 Å². The molecule has 134 valence electrons. The molecule has 1 aromatic heterocycles. The van der Waals surface area contributed by atoms with E-state index in [-0.39, 0.29) is 18.3 Å². The summed E-state index contributed by atoms with van der Waals surface area (Å²) in [5.41, 5.74) is 0. The van der Waals surface area contributed by atoms with Gasteiger partial charge in [-0.15, -0.1) is 11.3 Å². The van der Waals surface area contributed by atoms with E-state index >= 15 is 0 Å². The highest BCUT2D eigenvalue weighted by atomic mass is 32.1. The molecule has 1 aromatic rings. The monoisotopic (exact) mass is 354 g/mol. The summed E-state index contributed by atoms with van der Waals surface area (Å²) < 4.78 is 10.3. The molecule has 0 unspecified atom stereocenters. The first kappa shape index (κ1) is 18.9. The topological polar surface area (TPSA) is 59.1 Å². The minimum atomic E-state index is -0.252. The molecule has 1 fully saturated rings. The van der Waals surface area contributed by atoms with E-state index in [0.717, 1.165) is 37.7 Å². The Kier molecular flexibility index (Phi) is 8.21. The first-order chi connectivity index (χ1) is 11.7. The van der Waals surface area contributed by atoms with E-state index in [9.17, 15) is 9.59 Å². The lowest BCUT2D eigenvalue weighted by Crippen LogP contribution is -2.44. The predicted octanol–water partition coefficient (Wildman–Crippen LogP) is 1.40. The Balaban J connectivity index is 1.86. The lowest BCUT2D eigenvalue weighted by atomic mass is 10.2. The fourth-order valence-electron chi connectivity index (χ4n) is 2.58. The number of amides is 1. The Morgan fingerprint density at radius 1 is 1.33 bits per heavy atom. The predicted molar refractivity (Wildman–Crippen MR) is 93.1 cm³/mol. The van der Waals surface area contributed by atoms with E-state index in [1.165, 1.54) is 0 Å². The summed E-state index contributed by atoms with van der Waals surface area (Å²) in [6, 6.07) is 3.91. The normalized spacial score (nSPS) is 15.2. The van der Waals surface area contributed by atoms with Crippen molar-refractivity contribution in [1.82, 2.24) is 9.80 Å². The van der Waals surface area contributed by atoms with Crippen LogP contribution >= 0.6 is 11.3 Å². The molecule has 0 atom stereocenters. The zero-order chi connectivity index (χ0) is 17.2. The number of thiophene rings is 1. The van der Waals surface area contributed by atoms with Gasteiger partial charge < -0.3 is 14.4 Å². The van der Waals surface area contributed by atoms with E-state index in [1.54, 1.807) is 23.2 Å². The van der Waals surface area contributed by atoms with Gasteiger partial charge in [-0.25, -0.2) is 0 Å². The molecule has 7 heteroatoms. The molecule has 1 amide bonds. The first-order valence-electron chi connectivity index (χ1n) is 8.45. The summed E-state index contributed by atoms with van der Waals surface area (Å²) in [6.45, 7) is 7.28. The zero-order valence-electron chi connectivity index (χ0n) is 14.2. The number of nitrogens with zero attached hydrogens (tertiary/aromatic N) is 2. The quantitative estimate of drug-likeness (QED) is 0.628. The Bertz CT molecular complexity index is 501. The average molecular weight is 354 g/mol. The van der Waals surface area contributed by atoms with Crippen molar-refractivity contribution < 1.29 is 19.1 Å². The van der Waals surface area contributed by atoms with Crippen LogP contribution in [-0.4, -0.2) is 74.2 Å². The van der Waals surface area contributed by atoms with Crippen LogP contribution in [0, 0.1) is 0 Å². The molecule has 2 heterocycles. The third-order valence-corrected chi connectivity index (χ3v) is 4.82. The Morgan fingerprint density at radius 3 is 2.79 bits per heavy atom. The first-order valence-corrected chi connectivity index (χ1v) is 9.33. The minimum Gasteiger partial charge on any atom is -0.466 e. The number of carbonyl (C=O) groups is 2. The van der Waals surface area contributed by atoms with E-state index in [2.05, 4.69) is 4.90 Å². The van der Waals surface area contributed by atoms with Crippen LogP contribution in [-0.2, 0) is 25.5 Å². The van der Waals surface area contributed by atoms with E-state index in [0.29, 0.717) is 26.1 Å². The van der Waals surface area contributed by atoms with Gasteiger partial charge in [0.15, 0.2) is 0 Å². The van der Waals surface area contributed by atoms with E-state index < -0.39 is 0 Å². The maximum atomic E-state index is 12.6. The Morgan fingerprint density at radius 2 is 2.12 bits per heavy atom. The van der Waals surface area contributed by atoms with Crippen molar-refractivity contribution in [3.63, 3.8) is 0 Å². The highest BCUT2D eigenvalue weighted by Gasteiger charge is 2.18. The Labute approximate surface area is 147 Å². The van der Waals surface area contributed by atoms with Gasteiger partial charge in [-0.3, -0.25) is 14.5 Å². The van der Waals surface area contributed by atoms with Crippen molar-refractivity contribution in [1.29, 1.82) is 0 Å². The molecule has 0 aliphatic carbocycles. The summed E-state index contributed by atoms with van der Waals surface area (Å²) in [7, 11) is 0. The summed E-state index contributed by atoms with van der Waals surface area (Å²) in [4.78, 5) is 29.3. The molecular weight excluding hydrogens is 328 g/mol. The maximum absolute atomic E-state index is 12.6. The van der Waals surface area contributed by atoms with Crippen LogP contribution in [0.2, 0.25) is 0 Å². The van der Waals surface area contributed by atoms with Crippen molar-refractivity contribution in [2.24, 2.45) is 0 Å². The fourth-order valence-corrected chi connectivity index (χ4v) is 3.28. The van der Waals surface area contributed by atoms with Crippen molar-refractivity contribution in [3.8, 4) is 0 Å². The van der Waals surface area contributed by atoms with Crippen LogP contribution in [0.4, 0.5) is 0 Å². The fraction of sp³-hybridized carbons (Fsp3) is 0.647. The SMILES string of the molecule is CCOC(=O)CCN(CCN1CCOCC1)C(=O)Cc1cccs1. The van der Waals surface area contributed by atoms with Gasteiger partial charge in [-0.1, -0.05) is 6.07 Å². The summed E-state index contributed by atoms with van der Waals surface area (Å²) >= 11 is 1.58. The minimum absolute atomic E-state index is 0.0648. The number of ether oxygens (including phenoxy) is 2.